The van der Waals surface area contributed by atoms with Gasteiger partial charge in [0.25, 0.3) is 0 Å². The molecule has 0 spiro atoms. The molecule has 129 valence electrons. The van der Waals surface area contributed by atoms with Gasteiger partial charge in [0.1, 0.15) is 6.20 Å². The Morgan fingerprint density at radius 3 is 2.65 bits per heavy atom. The van der Waals surface area contributed by atoms with E-state index in [1.807, 2.05) is 44.2 Å². The zero-order valence-corrected chi connectivity index (χ0v) is 15.0. The monoisotopic (exact) mass is 363 g/mol. The van der Waals surface area contributed by atoms with Gasteiger partial charge in [-0.1, -0.05) is 17.7 Å². The van der Waals surface area contributed by atoms with E-state index in [0.29, 0.717) is 11.0 Å². The maximum absolute atomic E-state index is 6.26. The Kier molecular flexibility index (Phi) is 4.05. The van der Waals surface area contributed by atoms with Crippen LogP contribution < -0.4 is 5.32 Å². The highest BCUT2D eigenvalue weighted by molar-refractivity contribution is 6.31. The summed E-state index contributed by atoms with van der Waals surface area (Å²) in [5.74, 6) is 0.511. The first-order chi connectivity index (χ1) is 12.5. The van der Waals surface area contributed by atoms with Crippen LogP contribution >= 0.6 is 11.6 Å². The predicted octanol–water partition coefficient (Wildman–Crippen LogP) is 4.22. The van der Waals surface area contributed by atoms with Gasteiger partial charge in [-0.15, -0.1) is 0 Å². The number of H-pyrrole nitrogens is 1. The van der Waals surface area contributed by atoms with Crippen LogP contribution in [0.15, 0.2) is 48.9 Å². The second-order valence-corrected chi connectivity index (χ2v) is 6.88. The Hall–Kier alpha value is -2.99. The number of nitrogens with zero attached hydrogens (tertiary/aromatic N) is 4. The molecule has 0 aliphatic carbocycles. The van der Waals surface area contributed by atoms with Gasteiger partial charge in [0, 0.05) is 29.5 Å². The van der Waals surface area contributed by atoms with E-state index in [-0.39, 0.29) is 0 Å². The molecule has 0 aliphatic rings. The maximum atomic E-state index is 6.26. The predicted molar refractivity (Wildman–Crippen MR) is 102 cm³/mol. The summed E-state index contributed by atoms with van der Waals surface area (Å²) >= 11 is 6.26. The summed E-state index contributed by atoms with van der Waals surface area (Å²) in [5, 5.41) is 11.6. The number of halogens is 1. The smallest absolute Gasteiger partial charge is 0.223 e. The number of anilines is 1. The molecule has 3 aromatic heterocycles. The lowest BCUT2D eigenvalue weighted by Gasteiger charge is -2.26. The van der Waals surface area contributed by atoms with Crippen molar-refractivity contribution >= 4 is 28.5 Å². The van der Waals surface area contributed by atoms with Crippen molar-refractivity contribution in [3.63, 3.8) is 0 Å². The molecule has 0 unspecified atom stereocenters. The fraction of sp³-hybridized carbons (Fsp3) is 0.158. The summed E-state index contributed by atoms with van der Waals surface area (Å²) < 4.78 is 0. The van der Waals surface area contributed by atoms with Crippen LogP contribution in [0.5, 0.6) is 0 Å². The zero-order chi connectivity index (χ0) is 18.1. The molecular weight excluding hydrogens is 348 g/mol. The van der Waals surface area contributed by atoms with E-state index < -0.39 is 5.54 Å². The molecule has 0 atom stereocenters. The fourth-order valence-corrected chi connectivity index (χ4v) is 3.15. The highest BCUT2D eigenvalue weighted by Gasteiger charge is 2.25. The van der Waals surface area contributed by atoms with Crippen LogP contribution in [0, 0.1) is 6.20 Å². The standard InChI is InChI=1S/C19H16ClN6/c1-19(2,17-15(20)4-3-7-21-17)25-18-22-9-14(10-23-18)12-5-6-16-13(8-12)11-24-26-16/h3-10H,1-2H3,(H,24,26)(H,22,23,25). The minimum atomic E-state index is -0.509. The molecule has 2 N–H and O–H groups in total. The number of nitrogens with one attached hydrogen (secondary N) is 2. The first-order valence-corrected chi connectivity index (χ1v) is 8.48. The molecule has 0 aliphatic heterocycles. The molecule has 0 saturated carbocycles. The van der Waals surface area contributed by atoms with Crippen LogP contribution in [0.4, 0.5) is 5.95 Å². The Labute approximate surface area is 155 Å². The second kappa shape index (κ2) is 6.38. The average Bonchev–Trinajstić information content (AvgIpc) is 3.10. The Morgan fingerprint density at radius 1 is 1.08 bits per heavy atom. The minimum Gasteiger partial charge on any atom is -0.344 e. The number of rotatable bonds is 4. The molecule has 1 radical (unpaired) electrons. The topological polar surface area (TPSA) is 79.4 Å². The van der Waals surface area contributed by atoms with E-state index in [2.05, 4.69) is 36.7 Å². The van der Waals surface area contributed by atoms with E-state index in [4.69, 9.17) is 11.6 Å². The number of aromatic nitrogens is 5. The van der Waals surface area contributed by atoms with E-state index >= 15 is 0 Å². The van der Waals surface area contributed by atoms with Gasteiger partial charge in [-0.05, 0) is 43.7 Å². The van der Waals surface area contributed by atoms with Crippen molar-refractivity contribution in [1.29, 1.82) is 0 Å². The second-order valence-electron chi connectivity index (χ2n) is 6.47. The number of pyridine rings is 1. The Morgan fingerprint density at radius 2 is 1.88 bits per heavy atom. The van der Waals surface area contributed by atoms with Crippen LogP contribution in [0.1, 0.15) is 19.5 Å². The summed E-state index contributed by atoms with van der Waals surface area (Å²) in [7, 11) is 0. The lowest BCUT2D eigenvalue weighted by molar-refractivity contribution is 0.581. The van der Waals surface area contributed by atoms with Gasteiger partial charge in [0.2, 0.25) is 5.95 Å². The number of hydrogen-bond acceptors (Lipinski definition) is 5. The molecule has 0 fully saturated rings. The third kappa shape index (κ3) is 3.11. The minimum absolute atomic E-state index is 0.509. The number of hydrogen-bond donors (Lipinski definition) is 2. The summed E-state index contributed by atoms with van der Waals surface area (Å²) in [6, 6.07) is 9.59. The van der Waals surface area contributed by atoms with Gasteiger partial charge in [-0.2, -0.15) is 5.10 Å². The average molecular weight is 364 g/mol. The molecule has 3 heterocycles. The van der Waals surface area contributed by atoms with E-state index in [9.17, 15) is 0 Å². The molecule has 6 nitrogen and oxygen atoms in total. The van der Waals surface area contributed by atoms with Crippen LogP contribution in [0.2, 0.25) is 5.02 Å². The maximum Gasteiger partial charge on any atom is 0.223 e. The van der Waals surface area contributed by atoms with Crippen molar-refractivity contribution < 1.29 is 0 Å². The van der Waals surface area contributed by atoms with E-state index in [1.54, 1.807) is 18.6 Å². The van der Waals surface area contributed by atoms with Crippen molar-refractivity contribution in [2.75, 3.05) is 5.32 Å². The van der Waals surface area contributed by atoms with Gasteiger partial charge < -0.3 is 5.32 Å². The molecule has 0 amide bonds. The number of aromatic amines is 1. The SMILES string of the molecule is CC(C)(Nc1ncc(-c2ccc3[nH]n[c]c3c2)cn1)c1ncccc1Cl. The molecule has 7 heteroatoms. The normalized spacial score (nSPS) is 11.7. The van der Waals surface area contributed by atoms with Gasteiger partial charge in [-0.25, -0.2) is 9.97 Å². The highest BCUT2D eigenvalue weighted by Crippen LogP contribution is 2.28. The lowest BCUT2D eigenvalue weighted by Crippen LogP contribution is -2.30. The largest absolute Gasteiger partial charge is 0.344 e. The van der Waals surface area contributed by atoms with Gasteiger partial charge in [0.05, 0.1) is 21.8 Å². The van der Waals surface area contributed by atoms with Crippen molar-refractivity contribution in [3.8, 4) is 11.1 Å². The summed E-state index contributed by atoms with van der Waals surface area (Å²) in [6.45, 7) is 3.97. The quantitative estimate of drug-likeness (QED) is 0.567. The molecular formula is C19H16ClN6. The van der Waals surface area contributed by atoms with Crippen molar-refractivity contribution in [3.05, 3.63) is 65.8 Å². The van der Waals surface area contributed by atoms with Gasteiger partial charge >= 0.3 is 0 Å². The van der Waals surface area contributed by atoms with Crippen LogP contribution in [0.25, 0.3) is 22.0 Å². The Bertz CT molecular complexity index is 1060. The lowest BCUT2D eigenvalue weighted by atomic mass is 10.00. The van der Waals surface area contributed by atoms with Crippen LogP contribution in [-0.2, 0) is 5.54 Å². The summed E-state index contributed by atoms with van der Waals surface area (Å²) in [5.41, 5.74) is 3.11. The summed E-state index contributed by atoms with van der Waals surface area (Å²) in [6.07, 6.45) is 8.21. The summed E-state index contributed by atoms with van der Waals surface area (Å²) in [4.78, 5) is 13.2. The molecule has 4 rings (SSSR count). The number of benzene rings is 1. The van der Waals surface area contributed by atoms with E-state index in [0.717, 1.165) is 27.7 Å². The third-order valence-corrected chi connectivity index (χ3v) is 4.44. The van der Waals surface area contributed by atoms with Crippen LogP contribution in [0.3, 0.4) is 0 Å². The first-order valence-electron chi connectivity index (χ1n) is 8.10. The highest BCUT2D eigenvalue weighted by atomic mass is 35.5. The molecule has 1 aromatic carbocycles. The molecule has 26 heavy (non-hydrogen) atoms. The van der Waals surface area contributed by atoms with Crippen molar-refractivity contribution in [1.82, 2.24) is 25.1 Å². The van der Waals surface area contributed by atoms with Crippen LogP contribution in [-0.4, -0.2) is 25.1 Å². The van der Waals surface area contributed by atoms with Gasteiger partial charge in [-0.3, -0.25) is 10.1 Å². The zero-order valence-electron chi connectivity index (χ0n) is 14.3. The third-order valence-electron chi connectivity index (χ3n) is 4.13. The molecule has 0 bridgehead atoms. The van der Waals surface area contributed by atoms with E-state index in [1.165, 1.54) is 0 Å². The number of fused-ring (bicyclic) bond motifs is 1. The van der Waals surface area contributed by atoms with Crippen molar-refractivity contribution in [2.45, 2.75) is 19.4 Å². The fourth-order valence-electron chi connectivity index (χ4n) is 2.79. The van der Waals surface area contributed by atoms with Crippen molar-refractivity contribution in [2.24, 2.45) is 0 Å². The molecule has 4 aromatic rings. The first kappa shape index (κ1) is 16.5. The Balaban J connectivity index is 1.58. The molecule has 0 saturated heterocycles. The van der Waals surface area contributed by atoms with Gasteiger partial charge in [0.15, 0.2) is 0 Å².